The Bertz CT molecular complexity index is 957. The molecule has 0 aliphatic heterocycles. The minimum Gasteiger partial charge on any atom is -0.395 e. The predicted molar refractivity (Wildman–Crippen MR) is 103 cm³/mol. The van der Waals surface area contributed by atoms with Gasteiger partial charge >= 0.3 is 0 Å². The normalized spacial score (nSPS) is 11.0. The standard InChI is InChI=1S/C20H25N5O2/c1-13-6-5-7-16(10-13)19-17(11-21-22-19)20(27)25(8-9-26)12-18-14(2)23-24(4)15(18)3/h5-7,10-11,26H,8-9,12H2,1-4H3,(H,21,22). The molecule has 0 aliphatic carbocycles. The van der Waals surface area contributed by atoms with Gasteiger partial charge in [0.2, 0.25) is 0 Å². The van der Waals surface area contributed by atoms with Crippen LogP contribution in [0, 0.1) is 20.8 Å². The van der Waals surface area contributed by atoms with Crippen LogP contribution in [0.5, 0.6) is 0 Å². The lowest BCUT2D eigenvalue weighted by Gasteiger charge is -2.22. The van der Waals surface area contributed by atoms with E-state index in [-0.39, 0.29) is 19.1 Å². The molecule has 0 fully saturated rings. The molecule has 3 rings (SSSR count). The maximum Gasteiger partial charge on any atom is 0.258 e. The van der Waals surface area contributed by atoms with Gasteiger partial charge in [-0.25, -0.2) is 0 Å². The summed E-state index contributed by atoms with van der Waals surface area (Å²) in [5, 5.41) is 20.9. The molecule has 142 valence electrons. The number of nitrogens with zero attached hydrogens (tertiary/aromatic N) is 4. The van der Waals surface area contributed by atoms with E-state index in [4.69, 9.17) is 0 Å². The minimum atomic E-state index is -0.169. The lowest BCUT2D eigenvalue weighted by Crippen LogP contribution is -2.33. The van der Waals surface area contributed by atoms with Gasteiger partial charge in [0.15, 0.2) is 0 Å². The number of hydrogen-bond acceptors (Lipinski definition) is 4. The molecule has 7 heteroatoms. The van der Waals surface area contributed by atoms with Gasteiger partial charge in [-0.1, -0.05) is 23.8 Å². The summed E-state index contributed by atoms with van der Waals surface area (Å²) in [6.07, 6.45) is 1.55. The second-order valence-electron chi connectivity index (χ2n) is 6.75. The number of benzene rings is 1. The molecule has 1 amide bonds. The third kappa shape index (κ3) is 3.78. The van der Waals surface area contributed by atoms with Crippen molar-refractivity contribution in [1.82, 2.24) is 24.9 Å². The number of aryl methyl sites for hydroxylation is 3. The first-order chi connectivity index (χ1) is 12.9. The fourth-order valence-corrected chi connectivity index (χ4v) is 3.25. The second-order valence-corrected chi connectivity index (χ2v) is 6.75. The van der Waals surface area contributed by atoms with E-state index in [9.17, 15) is 9.90 Å². The summed E-state index contributed by atoms with van der Waals surface area (Å²) in [5.41, 5.74) is 6.09. The SMILES string of the molecule is Cc1cccc(-c2[nH]ncc2C(=O)N(CCO)Cc2c(C)nn(C)c2C)c1. The first-order valence-corrected chi connectivity index (χ1v) is 8.92. The highest BCUT2D eigenvalue weighted by Crippen LogP contribution is 2.24. The van der Waals surface area contributed by atoms with E-state index < -0.39 is 0 Å². The highest BCUT2D eigenvalue weighted by Gasteiger charge is 2.23. The van der Waals surface area contributed by atoms with Crippen LogP contribution in [0.3, 0.4) is 0 Å². The van der Waals surface area contributed by atoms with Gasteiger partial charge in [0, 0.05) is 37.0 Å². The topological polar surface area (TPSA) is 87.0 Å². The van der Waals surface area contributed by atoms with Crippen molar-refractivity contribution < 1.29 is 9.90 Å². The van der Waals surface area contributed by atoms with Crippen LogP contribution in [0.25, 0.3) is 11.3 Å². The summed E-state index contributed by atoms with van der Waals surface area (Å²) < 4.78 is 1.81. The molecule has 2 N–H and O–H groups in total. The Morgan fingerprint density at radius 1 is 1.30 bits per heavy atom. The molecule has 0 bridgehead atoms. The smallest absolute Gasteiger partial charge is 0.258 e. The van der Waals surface area contributed by atoms with Crippen molar-refractivity contribution in [2.24, 2.45) is 7.05 Å². The van der Waals surface area contributed by atoms with Crippen molar-refractivity contribution in [3.05, 3.63) is 58.5 Å². The number of H-pyrrole nitrogens is 1. The van der Waals surface area contributed by atoms with Crippen molar-refractivity contribution >= 4 is 5.91 Å². The Morgan fingerprint density at radius 3 is 2.70 bits per heavy atom. The number of rotatable bonds is 6. The predicted octanol–water partition coefficient (Wildman–Crippen LogP) is 2.37. The molecule has 0 aliphatic rings. The van der Waals surface area contributed by atoms with Gasteiger partial charge < -0.3 is 10.0 Å². The third-order valence-electron chi connectivity index (χ3n) is 4.84. The fourth-order valence-electron chi connectivity index (χ4n) is 3.25. The van der Waals surface area contributed by atoms with E-state index in [2.05, 4.69) is 15.3 Å². The number of amides is 1. The first-order valence-electron chi connectivity index (χ1n) is 8.92. The van der Waals surface area contributed by atoms with Crippen molar-refractivity contribution in [2.75, 3.05) is 13.2 Å². The van der Waals surface area contributed by atoms with Crippen molar-refractivity contribution in [3.63, 3.8) is 0 Å². The van der Waals surface area contributed by atoms with E-state index in [1.165, 1.54) is 0 Å². The van der Waals surface area contributed by atoms with Crippen LogP contribution >= 0.6 is 0 Å². The summed E-state index contributed by atoms with van der Waals surface area (Å²) in [7, 11) is 1.88. The zero-order chi connectivity index (χ0) is 19.6. The Hall–Kier alpha value is -2.93. The van der Waals surface area contributed by atoms with Gasteiger partial charge in [0.1, 0.15) is 0 Å². The van der Waals surface area contributed by atoms with Gasteiger partial charge in [-0.3, -0.25) is 14.6 Å². The fraction of sp³-hybridized carbons (Fsp3) is 0.350. The largest absolute Gasteiger partial charge is 0.395 e. The zero-order valence-electron chi connectivity index (χ0n) is 16.2. The number of carbonyl (C=O) groups excluding carboxylic acids is 1. The average molecular weight is 367 g/mol. The van der Waals surface area contributed by atoms with E-state index in [1.807, 2.05) is 56.8 Å². The highest BCUT2D eigenvalue weighted by molar-refractivity contribution is 5.99. The van der Waals surface area contributed by atoms with Crippen molar-refractivity contribution in [1.29, 1.82) is 0 Å². The van der Waals surface area contributed by atoms with E-state index >= 15 is 0 Å². The second kappa shape index (κ2) is 7.75. The Balaban J connectivity index is 1.94. The summed E-state index contributed by atoms with van der Waals surface area (Å²) in [6, 6.07) is 7.92. The number of aliphatic hydroxyl groups is 1. The van der Waals surface area contributed by atoms with Crippen LogP contribution in [0.15, 0.2) is 30.5 Å². The van der Waals surface area contributed by atoms with Crippen LogP contribution in [0.2, 0.25) is 0 Å². The molecule has 2 aromatic heterocycles. The lowest BCUT2D eigenvalue weighted by atomic mass is 10.0. The summed E-state index contributed by atoms with van der Waals surface area (Å²) in [4.78, 5) is 14.9. The molecule has 7 nitrogen and oxygen atoms in total. The summed E-state index contributed by atoms with van der Waals surface area (Å²) in [6.45, 7) is 6.44. The molecular formula is C20H25N5O2. The third-order valence-corrected chi connectivity index (χ3v) is 4.84. The number of nitrogens with one attached hydrogen (secondary N) is 1. The minimum absolute atomic E-state index is 0.109. The van der Waals surface area contributed by atoms with E-state index in [0.717, 1.165) is 28.1 Å². The van der Waals surface area contributed by atoms with Crippen LogP contribution in [-0.2, 0) is 13.6 Å². The lowest BCUT2D eigenvalue weighted by molar-refractivity contribution is 0.0708. The zero-order valence-corrected chi connectivity index (χ0v) is 16.2. The molecular weight excluding hydrogens is 342 g/mol. The number of carbonyl (C=O) groups is 1. The maximum absolute atomic E-state index is 13.2. The van der Waals surface area contributed by atoms with Gasteiger partial charge in [0.05, 0.1) is 29.8 Å². The molecule has 1 aromatic carbocycles. The quantitative estimate of drug-likeness (QED) is 0.700. The number of aliphatic hydroxyl groups excluding tert-OH is 1. The highest BCUT2D eigenvalue weighted by atomic mass is 16.3. The number of aromatic amines is 1. The summed E-state index contributed by atoms with van der Waals surface area (Å²) >= 11 is 0. The van der Waals surface area contributed by atoms with Gasteiger partial charge in [-0.2, -0.15) is 10.2 Å². The van der Waals surface area contributed by atoms with E-state index in [0.29, 0.717) is 17.8 Å². The van der Waals surface area contributed by atoms with Crippen LogP contribution in [0.4, 0.5) is 0 Å². The molecule has 0 saturated carbocycles. The van der Waals surface area contributed by atoms with Gasteiger partial charge in [0.25, 0.3) is 5.91 Å². The van der Waals surface area contributed by atoms with Crippen molar-refractivity contribution in [3.8, 4) is 11.3 Å². The first kappa shape index (κ1) is 18.8. The van der Waals surface area contributed by atoms with Crippen LogP contribution < -0.4 is 0 Å². The van der Waals surface area contributed by atoms with Gasteiger partial charge in [-0.15, -0.1) is 0 Å². The molecule has 3 aromatic rings. The Labute approximate surface area is 158 Å². The average Bonchev–Trinajstić information content (AvgIpc) is 3.21. The maximum atomic E-state index is 13.2. The van der Waals surface area contributed by atoms with E-state index in [1.54, 1.807) is 11.1 Å². The molecule has 0 atom stereocenters. The molecule has 0 spiro atoms. The number of hydrogen-bond donors (Lipinski definition) is 2. The Kier molecular flexibility index (Phi) is 5.41. The molecule has 0 unspecified atom stereocenters. The molecule has 0 saturated heterocycles. The molecule has 27 heavy (non-hydrogen) atoms. The van der Waals surface area contributed by atoms with Crippen LogP contribution in [-0.4, -0.2) is 49.0 Å². The molecule has 0 radical (unpaired) electrons. The Morgan fingerprint density at radius 2 is 2.07 bits per heavy atom. The van der Waals surface area contributed by atoms with Crippen LogP contribution in [0.1, 0.15) is 32.9 Å². The van der Waals surface area contributed by atoms with Crippen molar-refractivity contribution in [2.45, 2.75) is 27.3 Å². The number of aromatic nitrogens is 4. The van der Waals surface area contributed by atoms with Gasteiger partial charge in [-0.05, 0) is 26.8 Å². The monoisotopic (exact) mass is 367 g/mol. The molecule has 2 heterocycles. The summed E-state index contributed by atoms with van der Waals surface area (Å²) in [5.74, 6) is -0.169.